The average Bonchev–Trinajstić information content (AvgIpc) is 2.98. The Morgan fingerprint density at radius 1 is 0.842 bits per heavy atom. The summed E-state index contributed by atoms with van der Waals surface area (Å²) in [7, 11) is 0.170. The highest BCUT2D eigenvalue weighted by molar-refractivity contribution is 8.05. The highest BCUT2D eigenvalue weighted by atomic mass is 32.2. The van der Waals surface area contributed by atoms with E-state index in [2.05, 4.69) is 54.6 Å². The maximum absolute atomic E-state index is 2.48. The van der Waals surface area contributed by atoms with Crippen molar-refractivity contribution in [1.82, 2.24) is 0 Å². The smallest absolute Gasteiger partial charge is 0.0795 e. The third-order valence-electron chi connectivity index (χ3n) is 3.62. The Balaban J connectivity index is 1.93. The van der Waals surface area contributed by atoms with Crippen molar-refractivity contribution in [2.75, 3.05) is 0 Å². The first-order valence-electron chi connectivity index (χ1n) is 6.73. The zero-order chi connectivity index (χ0) is 12.7. The Hall–Kier alpha value is -1.12. The lowest BCUT2D eigenvalue weighted by molar-refractivity contribution is 0.922. The van der Waals surface area contributed by atoms with Gasteiger partial charge in [0.05, 0.1) is 20.7 Å². The summed E-state index contributed by atoms with van der Waals surface area (Å²) in [6, 6.07) is 17.9. The van der Waals surface area contributed by atoms with Crippen LogP contribution in [0, 0.1) is 0 Å². The zero-order valence-electron chi connectivity index (χ0n) is 10.6. The van der Waals surface area contributed by atoms with Gasteiger partial charge in [0.15, 0.2) is 9.79 Å². The van der Waals surface area contributed by atoms with Crippen LogP contribution in [0.2, 0.25) is 0 Å². The molecule has 0 atom stereocenters. The topological polar surface area (TPSA) is 0 Å². The Morgan fingerprint density at radius 2 is 1.47 bits per heavy atom. The summed E-state index contributed by atoms with van der Waals surface area (Å²) in [5.41, 5.74) is 0. The standard InChI is InChI=1S/C17H15S2/c1-2-8-13(7-1)19-16-11-5-3-9-14(16)18-15-10-4-6-12-17(15)19/h3-7,9-12H,1-2,8H2/q+1. The summed E-state index contributed by atoms with van der Waals surface area (Å²) >= 11 is 1.92. The van der Waals surface area contributed by atoms with E-state index in [0.717, 1.165) is 0 Å². The molecule has 0 N–H and O–H groups in total. The number of fused-ring (bicyclic) bond motifs is 2. The molecule has 0 fully saturated rings. The third kappa shape index (κ3) is 1.94. The van der Waals surface area contributed by atoms with Gasteiger partial charge in [-0.2, -0.15) is 0 Å². The van der Waals surface area contributed by atoms with E-state index in [9.17, 15) is 0 Å². The van der Waals surface area contributed by atoms with Crippen LogP contribution < -0.4 is 0 Å². The lowest BCUT2D eigenvalue weighted by atomic mass is 10.3. The molecule has 0 spiro atoms. The third-order valence-corrected chi connectivity index (χ3v) is 7.52. The maximum Gasteiger partial charge on any atom is 0.180 e. The number of hydrogen-bond donors (Lipinski definition) is 0. The van der Waals surface area contributed by atoms with E-state index in [0.29, 0.717) is 0 Å². The molecule has 0 saturated heterocycles. The minimum Gasteiger partial charge on any atom is -0.0795 e. The van der Waals surface area contributed by atoms with E-state index in [1.54, 1.807) is 4.91 Å². The Bertz CT molecular complexity index is 612. The SMILES string of the molecule is C1=C([S+]2c3ccccc3Sc3ccccc32)CCC1. The lowest BCUT2D eigenvalue weighted by Crippen LogP contribution is -2.11. The zero-order valence-corrected chi connectivity index (χ0v) is 12.3. The molecular formula is C17H15S2+. The molecule has 0 nitrogen and oxygen atoms in total. The molecule has 0 unspecified atom stereocenters. The average molecular weight is 283 g/mol. The second-order valence-electron chi connectivity index (χ2n) is 4.86. The van der Waals surface area contributed by atoms with Crippen LogP contribution in [0.4, 0.5) is 0 Å². The van der Waals surface area contributed by atoms with Crippen LogP contribution in [0.25, 0.3) is 0 Å². The van der Waals surface area contributed by atoms with Crippen molar-refractivity contribution in [3.63, 3.8) is 0 Å². The van der Waals surface area contributed by atoms with E-state index in [1.807, 2.05) is 11.8 Å². The fraction of sp³-hybridized carbons (Fsp3) is 0.176. The first-order chi connectivity index (χ1) is 9.43. The van der Waals surface area contributed by atoms with Crippen molar-refractivity contribution in [3.8, 4) is 0 Å². The molecule has 19 heavy (non-hydrogen) atoms. The number of hydrogen-bond acceptors (Lipinski definition) is 1. The van der Waals surface area contributed by atoms with Crippen LogP contribution >= 0.6 is 11.8 Å². The Kier molecular flexibility index (Phi) is 2.93. The summed E-state index contributed by atoms with van der Waals surface area (Å²) in [6.07, 6.45) is 6.34. The van der Waals surface area contributed by atoms with Gasteiger partial charge in [-0.15, -0.1) is 0 Å². The van der Waals surface area contributed by atoms with E-state index in [1.165, 1.54) is 38.8 Å². The first kappa shape index (κ1) is 11.7. The van der Waals surface area contributed by atoms with Crippen LogP contribution in [0.5, 0.6) is 0 Å². The molecule has 0 bridgehead atoms. The van der Waals surface area contributed by atoms with Crippen LogP contribution in [0.15, 0.2) is 79.1 Å². The molecule has 2 aliphatic rings. The monoisotopic (exact) mass is 283 g/mol. The highest BCUT2D eigenvalue weighted by Crippen LogP contribution is 2.49. The predicted molar refractivity (Wildman–Crippen MR) is 82.8 cm³/mol. The number of rotatable bonds is 1. The van der Waals surface area contributed by atoms with Gasteiger partial charge in [0.1, 0.15) is 4.91 Å². The van der Waals surface area contributed by atoms with Crippen LogP contribution in [0.1, 0.15) is 19.3 Å². The summed E-state index contributed by atoms with van der Waals surface area (Å²) in [6.45, 7) is 0. The second kappa shape index (κ2) is 4.77. The molecule has 94 valence electrons. The largest absolute Gasteiger partial charge is 0.180 e. The molecule has 0 radical (unpaired) electrons. The van der Waals surface area contributed by atoms with Gasteiger partial charge < -0.3 is 0 Å². The van der Waals surface area contributed by atoms with E-state index in [4.69, 9.17) is 0 Å². The first-order valence-corrected chi connectivity index (χ1v) is 8.77. The molecule has 1 aliphatic carbocycles. The summed E-state index contributed by atoms with van der Waals surface area (Å²) in [5, 5.41) is 0. The molecule has 2 aromatic carbocycles. The van der Waals surface area contributed by atoms with Crippen LogP contribution in [-0.4, -0.2) is 0 Å². The Morgan fingerprint density at radius 3 is 2.05 bits per heavy atom. The van der Waals surface area contributed by atoms with Gasteiger partial charge in [-0.3, -0.25) is 0 Å². The molecular weight excluding hydrogens is 268 g/mol. The molecule has 1 heterocycles. The number of benzene rings is 2. The normalized spacial score (nSPS) is 17.8. The fourth-order valence-corrected chi connectivity index (χ4v) is 6.77. The van der Waals surface area contributed by atoms with Crippen LogP contribution in [0.3, 0.4) is 0 Å². The minimum atomic E-state index is 0.170. The molecule has 0 aromatic heterocycles. The van der Waals surface area contributed by atoms with E-state index in [-0.39, 0.29) is 10.9 Å². The van der Waals surface area contributed by atoms with E-state index >= 15 is 0 Å². The van der Waals surface area contributed by atoms with Crippen molar-refractivity contribution in [1.29, 1.82) is 0 Å². The van der Waals surface area contributed by atoms with Gasteiger partial charge in [0, 0.05) is 6.42 Å². The van der Waals surface area contributed by atoms with Crippen LogP contribution in [-0.2, 0) is 10.9 Å². The van der Waals surface area contributed by atoms with Crippen molar-refractivity contribution >= 4 is 22.7 Å². The van der Waals surface area contributed by atoms with Gasteiger partial charge >= 0.3 is 0 Å². The quantitative estimate of drug-likeness (QED) is 0.644. The van der Waals surface area contributed by atoms with E-state index < -0.39 is 0 Å². The summed E-state index contributed by atoms with van der Waals surface area (Å²) in [4.78, 5) is 7.59. The molecule has 0 saturated carbocycles. The lowest BCUT2D eigenvalue weighted by Gasteiger charge is -2.19. The maximum atomic E-state index is 2.48. The fourth-order valence-electron chi connectivity index (χ4n) is 2.75. The molecule has 0 amide bonds. The number of allylic oxidation sites excluding steroid dienone is 2. The predicted octanol–water partition coefficient (Wildman–Crippen LogP) is 5.26. The highest BCUT2D eigenvalue weighted by Gasteiger charge is 2.39. The second-order valence-corrected chi connectivity index (χ2v) is 7.96. The molecule has 4 rings (SSSR count). The molecule has 2 heteroatoms. The van der Waals surface area contributed by atoms with Gasteiger partial charge in [-0.1, -0.05) is 36.0 Å². The van der Waals surface area contributed by atoms with Crippen molar-refractivity contribution in [3.05, 3.63) is 59.5 Å². The van der Waals surface area contributed by atoms with Gasteiger partial charge in [-0.25, -0.2) is 0 Å². The Labute approximate surface area is 121 Å². The van der Waals surface area contributed by atoms with Crippen molar-refractivity contribution < 1.29 is 0 Å². The van der Waals surface area contributed by atoms with Crippen molar-refractivity contribution in [2.24, 2.45) is 0 Å². The van der Waals surface area contributed by atoms with Crippen molar-refractivity contribution in [2.45, 2.75) is 38.8 Å². The van der Waals surface area contributed by atoms with Gasteiger partial charge in [-0.05, 0) is 43.2 Å². The van der Waals surface area contributed by atoms with Gasteiger partial charge in [0.2, 0.25) is 0 Å². The summed E-state index contributed by atoms with van der Waals surface area (Å²) < 4.78 is 0. The minimum absolute atomic E-state index is 0.170. The molecule has 1 aliphatic heterocycles. The molecule has 2 aromatic rings. The summed E-state index contributed by atoms with van der Waals surface area (Å²) in [5.74, 6) is 0. The van der Waals surface area contributed by atoms with Gasteiger partial charge in [0.25, 0.3) is 0 Å².